The van der Waals surface area contributed by atoms with Crippen molar-refractivity contribution >= 4 is 23.6 Å². The van der Waals surface area contributed by atoms with Gasteiger partial charge in [0.05, 0.1) is 37.1 Å². The van der Waals surface area contributed by atoms with Crippen LogP contribution in [0.3, 0.4) is 0 Å². The highest BCUT2D eigenvalue weighted by molar-refractivity contribution is 7.99. The normalized spacial score (nSPS) is 16.1. The van der Waals surface area contributed by atoms with Gasteiger partial charge in [-0.1, -0.05) is 30.0 Å². The van der Waals surface area contributed by atoms with Crippen molar-refractivity contribution in [2.75, 3.05) is 32.5 Å². The molecule has 1 aliphatic rings. The summed E-state index contributed by atoms with van der Waals surface area (Å²) >= 11 is 1.36. The molecule has 1 aliphatic heterocycles. The average Bonchev–Trinajstić information content (AvgIpc) is 3.06. The first-order valence-corrected chi connectivity index (χ1v) is 12.3. The Labute approximate surface area is 209 Å². The predicted octanol–water partition coefficient (Wildman–Crippen LogP) is 3.03. The minimum absolute atomic E-state index is 0.0207. The van der Waals surface area contributed by atoms with Gasteiger partial charge in [0.25, 0.3) is 0 Å². The third kappa shape index (κ3) is 7.27. The summed E-state index contributed by atoms with van der Waals surface area (Å²) in [6.07, 6.45) is 4.81. The van der Waals surface area contributed by atoms with E-state index in [1.54, 1.807) is 35.5 Å². The first-order chi connectivity index (χ1) is 17.1. The predicted molar refractivity (Wildman–Crippen MR) is 133 cm³/mol. The zero-order valence-corrected chi connectivity index (χ0v) is 20.4. The van der Waals surface area contributed by atoms with Crippen LogP contribution in [-0.4, -0.2) is 70.2 Å². The van der Waals surface area contributed by atoms with Crippen molar-refractivity contribution in [1.29, 1.82) is 0 Å². The highest BCUT2D eigenvalue weighted by Gasteiger charge is 2.31. The number of rotatable bonds is 9. The van der Waals surface area contributed by atoms with E-state index in [1.807, 2.05) is 54.6 Å². The van der Waals surface area contributed by atoms with E-state index in [2.05, 4.69) is 9.97 Å². The Morgan fingerprint density at radius 2 is 1.83 bits per heavy atom. The summed E-state index contributed by atoms with van der Waals surface area (Å²) < 4.78 is 11.4. The fourth-order valence-corrected chi connectivity index (χ4v) is 4.50. The van der Waals surface area contributed by atoms with Gasteiger partial charge in [-0.2, -0.15) is 0 Å². The van der Waals surface area contributed by atoms with E-state index in [4.69, 9.17) is 9.47 Å². The fraction of sp³-hybridized carbons (Fsp3) is 0.308. The summed E-state index contributed by atoms with van der Waals surface area (Å²) in [5.41, 5.74) is 1.97. The topological polar surface area (TPSA) is 84.9 Å². The molecule has 0 aliphatic carbocycles. The number of aromatic nitrogens is 2. The lowest BCUT2D eigenvalue weighted by atomic mass is 10.2. The second-order valence-corrected chi connectivity index (χ2v) is 9.14. The van der Waals surface area contributed by atoms with Crippen molar-refractivity contribution < 1.29 is 19.1 Å². The quantitative estimate of drug-likeness (QED) is 0.425. The summed E-state index contributed by atoms with van der Waals surface area (Å²) in [7, 11) is 1.62. The number of amides is 2. The van der Waals surface area contributed by atoms with Crippen LogP contribution in [0.5, 0.6) is 5.75 Å². The van der Waals surface area contributed by atoms with Gasteiger partial charge >= 0.3 is 0 Å². The molecule has 1 fully saturated rings. The van der Waals surface area contributed by atoms with E-state index >= 15 is 0 Å². The zero-order chi connectivity index (χ0) is 24.5. The fourth-order valence-electron chi connectivity index (χ4n) is 3.73. The maximum absolute atomic E-state index is 13.2. The van der Waals surface area contributed by atoms with Crippen LogP contribution in [0.1, 0.15) is 11.1 Å². The van der Waals surface area contributed by atoms with E-state index < -0.39 is 0 Å². The summed E-state index contributed by atoms with van der Waals surface area (Å²) in [4.78, 5) is 37.9. The molecule has 182 valence electrons. The molecule has 1 atom stereocenters. The van der Waals surface area contributed by atoms with Crippen LogP contribution >= 0.6 is 11.8 Å². The SMILES string of the molecule is COc1ccc(CN2C[C@H](OCc3ccncc3)CN(C(=O)CSc3ccccn3)CC2=O)cc1. The standard InChI is InChI=1S/C26H28N4O4S/c1-33-22-7-5-20(6-8-22)14-29-15-23(34-18-21-9-12-27-13-10-21)16-30(17-25(29)31)26(32)19-35-24-4-2-3-11-28-24/h2-13,23H,14-19H2,1H3/t23-/m0/s1. The van der Waals surface area contributed by atoms with E-state index in [0.717, 1.165) is 21.9 Å². The number of thioether (sulfide) groups is 1. The highest BCUT2D eigenvalue weighted by atomic mass is 32.2. The number of carbonyl (C=O) groups is 2. The molecule has 1 aromatic carbocycles. The van der Waals surface area contributed by atoms with Gasteiger partial charge in [0.15, 0.2) is 0 Å². The van der Waals surface area contributed by atoms with Crippen LogP contribution in [0, 0.1) is 0 Å². The van der Waals surface area contributed by atoms with Crippen LogP contribution in [0.25, 0.3) is 0 Å². The molecule has 3 heterocycles. The Morgan fingerprint density at radius 1 is 1.03 bits per heavy atom. The number of hydrogen-bond donors (Lipinski definition) is 0. The number of benzene rings is 1. The maximum atomic E-state index is 13.2. The number of pyridine rings is 2. The van der Waals surface area contributed by atoms with E-state index in [9.17, 15) is 9.59 Å². The summed E-state index contributed by atoms with van der Waals surface area (Å²) in [5.74, 6) is 0.751. The molecule has 0 radical (unpaired) electrons. The van der Waals surface area contributed by atoms with Gasteiger partial charge in [-0.15, -0.1) is 0 Å². The lowest BCUT2D eigenvalue weighted by molar-refractivity contribution is -0.137. The van der Waals surface area contributed by atoms with Crippen molar-refractivity contribution in [3.8, 4) is 5.75 Å². The molecule has 0 N–H and O–H groups in total. The van der Waals surface area contributed by atoms with Gasteiger partial charge in [0, 0.05) is 38.2 Å². The summed E-state index contributed by atoms with van der Waals surface area (Å²) in [5, 5.41) is 0.772. The number of nitrogens with zero attached hydrogens (tertiary/aromatic N) is 4. The Kier molecular flexibility index (Phi) is 8.69. The van der Waals surface area contributed by atoms with Gasteiger partial charge < -0.3 is 19.3 Å². The monoisotopic (exact) mass is 492 g/mol. The van der Waals surface area contributed by atoms with Crippen molar-refractivity contribution in [3.05, 3.63) is 84.3 Å². The van der Waals surface area contributed by atoms with E-state index in [-0.39, 0.29) is 30.2 Å². The number of carbonyl (C=O) groups excluding carboxylic acids is 2. The molecular weight excluding hydrogens is 464 g/mol. The molecule has 0 bridgehead atoms. The molecular formula is C26H28N4O4S. The van der Waals surface area contributed by atoms with Crippen molar-refractivity contribution in [2.45, 2.75) is 24.3 Å². The van der Waals surface area contributed by atoms with Crippen LogP contribution in [0.4, 0.5) is 0 Å². The average molecular weight is 493 g/mol. The minimum atomic E-state index is -0.323. The minimum Gasteiger partial charge on any atom is -0.497 e. The summed E-state index contributed by atoms with van der Waals surface area (Å²) in [6, 6.07) is 17.0. The first-order valence-electron chi connectivity index (χ1n) is 11.3. The zero-order valence-electron chi connectivity index (χ0n) is 19.6. The molecule has 8 nitrogen and oxygen atoms in total. The second kappa shape index (κ2) is 12.3. The second-order valence-electron chi connectivity index (χ2n) is 8.14. The molecule has 4 rings (SSSR count). The van der Waals surface area contributed by atoms with Crippen molar-refractivity contribution in [1.82, 2.24) is 19.8 Å². The number of hydrogen-bond acceptors (Lipinski definition) is 7. The molecule has 1 saturated heterocycles. The van der Waals surface area contributed by atoms with Gasteiger partial charge in [-0.05, 0) is 47.5 Å². The Bertz CT molecular complexity index is 1100. The van der Waals surface area contributed by atoms with Gasteiger partial charge in [-0.25, -0.2) is 4.98 Å². The summed E-state index contributed by atoms with van der Waals surface area (Å²) in [6.45, 7) is 1.57. The lowest BCUT2D eigenvalue weighted by Gasteiger charge is -2.25. The Morgan fingerprint density at radius 3 is 2.54 bits per heavy atom. The molecule has 35 heavy (non-hydrogen) atoms. The van der Waals surface area contributed by atoms with E-state index in [0.29, 0.717) is 26.2 Å². The Balaban J connectivity index is 1.45. The molecule has 3 aromatic rings. The third-order valence-electron chi connectivity index (χ3n) is 5.63. The van der Waals surface area contributed by atoms with Crippen molar-refractivity contribution in [3.63, 3.8) is 0 Å². The van der Waals surface area contributed by atoms with Crippen LogP contribution < -0.4 is 4.74 Å². The molecule has 0 unspecified atom stereocenters. The molecule has 9 heteroatoms. The van der Waals surface area contributed by atoms with Gasteiger partial charge in [0.1, 0.15) is 5.75 Å². The first kappa shape index (κ1) is 24.7. The molecule has 2 aromatic heterocycles. The Hall–Kier alpha value is -3.43. The molecule has 0 spiro atoms. The largest absolute Gasteiger partial charge is 0.497 e. The molecule has 2 amide bonds. The van der Waals surface area contributed by atoms with Crippen molar-refractivity contribution in [2.24, 2.45) is 0 Å². The van der Waals surface area contributed by atoms with Gasteiger partial charge in [-0.3, -0.25) is 14.6 Å². The maximum Gasteiger partial charge on any atom is 0.242 e. The van der Waals surface area contributed by atoms with Gasteiger partial charge in [0.2, 0.25) is 11.8 Å². The van der Waals surface area contributed by atoms with Crippen LogP contribution in [-0.2, 0) is 27.5 Å². The molecule has 0 saturated carbocycles. The van der Waals surface area contributed by atoms with Crippen LogP contribution in [0.2, 0.25) is 0 Å². The third-order valence-corrected chi connectivity index (χ3v) is 6.56. The smallest absolute Gasteiger partial charge is 0.242 e. The number of methoxy groups -OCH3 is 1. The van der Waals surface area contributed by atoms with Crippen LogP contribution in [0.15, 0.2) is 78.2 Å². The number of ether oxygens (including phenoxy) is 2. The highest BCUT2D eigenvalue weighted by Crippen LogP contribution is 2.19. The van der Waals surface area contributed by atoms with E-state index in [1.165, 1.54) is 11.8 Å². The lowest BCUT2D eigenvalue weighted by Crippen LogP contribution is -2.40.